The molecule has 0 aliphatic heterocycles. The molecule has 1 aromatic rings. The summed E-state index contributed by atoms with van der Waals surface area (Å²) in [4.78, 5) is 4.41. The van der Waals surface area contributed by atoms with E-state index in [9.17, 15) is 8.42 Å². The minimum absolute atomic E-state index is 0.156. The summed E-state index contributed by atoms with van der Waals surface area (Å²) >= 11 is 0. The highest BCUT2D eigenvalue weighted by Gasteiger charge is 2.45. The van der Waals surface area contributed by atoms with Crippen molar-refractivity contribution < 1.29 is 8.42 Å². The predicted molar refractivity (Wildman–Crippen MR) is 84.7 cm³/mol. The molecule has 1 heterocycles. The first-order valence-corrected chi connectivity index (χ1v) is 9.07. The van der Waals surface area contributed by atoms with Crippen molar-refractivity contribution in [3.63, 3.8) is 0 Å². The third-order valence-corrected chi connectivity index (χ3v) is 5.73. The molecule has 0 radical (unpaired) electrons. The van der Waals surface area contributed by atoms with E-state index >= 15 is 0 Å². The van der Waals surface area contributed by atoms with Gasteiger partial charge in [-0.3, -0.25) is 0 Å². The molecule has 1 fully saturated rings. The molecule has 0 saturated heterocycles. The fourth-order valence-corrected chi connectivity index (χ4v) is 3.52. The molecule has 0 bridgehead atoms. The van der Waals surface area contributed by atoms with E-state index in [1.54, 1.807) is 6.07 Å². The number of hydrogen-bond donors (Lipinski definition) is 2. The minimum Gasteiger partial charge on any atom is -0.370 e. The van der Waals surface area contributed by atoms with Crippen molar-refractivity contribution in [2.45, 2.75) is 44.9 Å². The highest BCUT2D eigenvalue weighted by Crippen LogP contribution is 2.51. The van der Waals surface area contributed by atoms with Crippen LogP contribution in [0.15, 0.2) is 23.2 Å². The zero-order valence-corrected chi connectivity index (χ0v) is 13.8. The Bertz CT molecular complexity index is 580. The van der Waals surface area contributed by atoms with Gasteiger partial charge in [0.1, 0.15) is 5.82 Å². The summed E-state index contributed by atoms with van der Waals surface area (Å²) in [6.07, 6.45) is 4.70. The second-order valence-electron chi connectivity index (χ2n) is 6.15. The standard InChI is InChI=1S/C15H25N3O2S/c1-4-8-16-14-10-13(5-9-17-14)21(19,20)18-11-15(6-7-15)12(2)3/h5,9-10,12,18H,4,6-8,11H2,1-3H3,(H,16,17). The van der Waals surface area contributed by atoms with Gasteiger partial charge in [-0.15, -0.1) is 0 Å². The third-order valence-electron chi connectivity index (χ3n) is 4.33. The molecule has 6 heteroatoms. The maximum atomic E-state index is 12.4. The Kier molecular flexibility index (Phi) is 4.88. The summed E-state index contributed by atoms with van der Waals surface area (Å²) in [5, 5.41) is 3.11. The molecule has 118 valence electrons. The first kappa shape index (κ1) is 16.2. The van der Waals surface area contributed by atoms with Crippen LogP contribution in [-0.2, 0) is 10.0 Å². The second kappa shape index (κ2) is 6.32. The lowest BCUT2D eigenvalue weighted by atomic mass is 9.93. The molecule has 2 N–H and O–H groups in total. The van der Waals surface area contributed by atoms with Crippen molar-refractivity contribution >= 4 is 15.8 Å². The van der Waals surface area contributed by atoms with Crippen LogP contribution in [0.3, 0.4) is 0 Å². The van der Waals surface area contributed by atoms with Gasteiger partial charge in [-0.05, 0) is 36.7 Å². The summed E-state index contributed by atoms with van der Waals surface area (Å²) in [5.41, 5.74) is 0.156. The van der Waals surface area contributed by atoms with Crippen molar-refractivity contribution in [3.05, 3.63) is 18.3 Å². The van der Waals surface area contributed by atoms with Gasteiger partial charge >= 0.3 is 0 Å². The van der Waals surface area contributed by atoms with E-state index in [0.717, 1.165) is 25.8 Å². The number of aromatic nitrogens is 1. The third kappa shape index (κ3) is 3.95. The summed E-state index contributed by atoms with van der Waals surface area (Å²) in [6.45, 7) is 7.66. The van der Waals surface area contributed by atoms with Crippen LogP contribution < -0.4 is 10.0 Å². The van der Waals surface area contributed by atoms with Gasteiger partial charge in [0.25, 0.3) is 0 Å². The number of hydrogen-bond acceptors (Lipinski definition) is 4. The molecule has 0 aromatic carbocycles. The Morgan fingerprint density at radius 1 is 1.38 bits per heavy atom. The first-order valence-electron chi connectivity index (χ1n) is 7.59. The quantitative estimate of drug-likeness (QED) is 0.774. The zero-order valence-electron chi connectivity index (χ0n) is 13.0. The van der Waals surface area contributed by atoms with Crippen LogP contribution >= 0.6 is 0 Å². The Morgan fingerprint density at radius 2 is 2.10 bits per heavy atom. The number of anilines is 1. The van der Waals surface area contributed by atoms with Crippen LogP contribution in [0, 0.1) is 11.3 Å². The van der Waals surface area contributed by atoms with Crippen molar-refractivity contribution in [1.29, 1.82) is 0 Å². The Balaban J connectivity index is 2.05. The fourth-order valence-electron chi connectivity index (χ4n) is 2.37. The maximum absolute atomic E-state index is 12.4. The van der Waals surface area contributed by atoms with Crippen LogP contribution in [0.5, 0.6) is 0 Å². The number of rotatable bonds is 8. The summed E-state index contributed by atoms with van der Waals surface area (Å²) in [6, 6.07) is 3.13. The van der Waals surface area contributed by atoms with Crippen molar-refractivity contribution in [1.82, 2.24) is 9.71 Å². The van der Waals surface area contributed by atoms with E-state index < -0.39 is 10.0 Å². The van der Waals surface area contributed by atoms with Crippen LogP contribution in [0.2, 0.25) is 0 Å². The summed E-state index contributed by atoms with van der Waals surface area (Å²) < 4.78 is 27.5. The number of sulfonamides is 1. The van der Waals surface area contributed by atoms with Gasteiger partial charge < -0.3 is 5.32 Å². The van der Waals surface area contributed by atoms with Gasteiger partial charge in [0.15, 0.2) is 0 Å². The van der Waals surface area contributed by atoms with Gasteiger partial charge in [0, 0.05) is 25.4 Å². The van der Waals surface area contributed by atoms with E-state index in [1.165, 1.54) is 12.3 Å². The Hall–Kier alpha value is -1.14. The van der Waals surface area contributed by atoms with E-state index in [0.29, 0.717) is 18.3 Å². The lowest BCUT2D eigenvalue weighted by molar-refractivity contribution is 0.357. The average Bonchev–Trinajstić information content (AvgIpc) is 3.25. The molecule has 2 rings (SSSR count). The van der Waals surface area contributed by atoms with Gasteiger partial charge in [0.2, 0.25) is 10.0 Å². The summed E-state index contributed by atoms with van der Waals surface area (Å²) in [5.74, 6) is 1.10. The summed E-state index contributed by atoms with van der Waals surface area (Å²) in [7, 11) is -3.46. The van der Waals surface area contributed by atoms with Gasteiger partial charge in [-0.25, -0.2) is 18.1 Å². The van der Waals surface area contributed by atoms with E-state index in [-0.39, 0.29) is 10.3 Å². The van der Waals surface area contributed by atoms with E-state index in [2.05, 4.69) is 35.8 Å². The van der Waals surface area contributed by atoms with Crippen LogP contribution in [0.25, 0.3) is 0 Å². The van der Waals surface area contributed by atoms with E-state index in [1.807, 2.05) is 0 Å². The topological polar surface area (TPSA) is 71.1 Å². The maximum Gasteiger partial charge on any atom is 0.240 e. The van der Waals surface area contributed by atoms with Gasteiger partial charge in [-0.2, -0.15) is 0 Å². The molecule has 1 aromatic heterocycles. The van der Waals surface area contributed by atoms with Gasteiger partial charge in [0.05, 0.1) is 4.90 Å². The molecule has 1 saturated carbocycles. The molecule has 1 aliphatic rings. The molecule has 21 heavy (non-hydrogen) atoms. The minimum atomic E-state index is -3.46. The van der Waals surface area contributed by atoms with Crippen LogP contribution in [-0.4, -0.2) is 26.5 Å². The first-order chi connectivity index (χ1) is 9.89. The zero-order chi connectivity index (χ0) is 15.5. The molecular formula is C15H25N3O2S. The second-order valence-corrected chi connectivity index (χ2v) is 7.91. The molecule has 0 unspecified atom stereocenters. The average molecular weight is 311 g/mol. The van der Waals surface area contributed by atoms with Crippen LogP contribution in [0.1, 0.15) is 40.0 Å². The van der Waals surface area contributed by atoms with Crippen molar-refractivity contribution in [2.24, 2.45) is 11.3 Å². The highest BCUT2D eigenvalue weighted by atomic mass is 32.2. The lowest BCUT2D eigenvalue weighted by Gasteiger charge is -2.20. The monoisotopic (exact) mass is 311 g/mol. The molecule has 0 spiro atoms. The number of pyridine rings is 1. The fraction of sp³-hybridized carbons (Fsp3) is 0.667. The highest BCUT2D eigenvalue weighted by molar-refractivity contribution is 7.89. The SMILES string of the molecule is CCCNc1cc(S(=O)(=O)NCC2(C(C)C)CC2)ccn1. The number of nitrogens with zero attached hydrogens (tertiary/aromatic N) is 1. The van der Waals surface area contributed by atoms with Crippen molar-refractivity contribution in [2.75, 3.05) is 18.4 Å². The van der Waals surface area contributed by atoms with E-state index in [4.69, 9.17) is 0 Å². The Labute approximate surface area is 127 Å². The molecular weight excluding hydrogens is 286 g/mol. The van der Waals surface area contributed by atoms with Gasteiger partial charge in [-0.1, -0.05) is 20.8 Å². The Morgan fingerprint density at radius 3 is 2.67 bits per heavy atom. The van der Waals surface area contributed by atoms with Crippen molar-refractivity contribution in [3.8, 4) is 0 Å². The molecule has 1 aliphatic carbocycles. The number of nitrogens with one attached hydrogen (secondary N) is 2. The molecule has 0 amide bonds. The lowest BCUT2D eigenvalue weighted by Crippen LogP contribution is -2.32. The smallest absolute Gasteiger partial charge is 0.240 e. The normalized spacial score (nSPS) is 17.0. The molecule has 5 nitrogen and oxygen atoms in total. The predicted octanol–water partition coefficient (Wildman–Crippen LogP) is 2.62. The van der Waals surface area contributed by atoms with Crippen LogP contribution in [0.4, 0.5) is 5.82 Å². The molecule has 0 atom stereocenters. The largest absolute Gasteiger partial charge is 0.370 e.